The van der Waals surface area contributed by atoms with Crippen LogP contribution in [0.5, 0.6) is 11.5 Å². The van der Waals surface area contributed by atoms with Gasteiger partial charge >= 0.3 is 0 Å². The van der Waals surface area contributed by atoms with Crippen molar-refractivity contribution in [3.05, 3.63) is 75.3 Å². The second-order valence-electron chi connectivity index (χ2n) is 7.57. The molecular formula is C26H25ClN2O5. The molecule has 0 spiro atoms. The Bertz CT molecular complexity index is 1200. The van der Waals surface area contributed by atoms with Crippen LogP contribution in [0.25, 0.3) is 6.08 Å². The third kappa shape index (κ3) is 5.48. The molecule has 3 rings (SSSR count). The summed E-state index contributed by atoms with van der Waals surface area (Å²) < 4.78 is 16.4. The first-order chi connectivity index (χ1) is 16.4. The minimum Gasteiger partial charge on any atom is -0.493 e. The summed E-state index contributed by atoms with van der Waals surface area (Å²) in [7, 11) is 3.07. The summed E-state index contributed by atoms with van der Waals surface area (Å²) >= 11 is 6.20. The van der Waals surface area contributed by atoms with E-state index in [0.29, 0.717) is 40.7 Å². The van der Waals surface area contributed by atoms with Gasteiger partial charge in [0.05, 0.1) is 7.11 Å². The van der Waals surface area contributed by atoms with Gasteiger partial charge in [0.25, 0.3) is 11.8 Å². The maximum Gasteiger partial charge on any atom is 0.271 e. The van der Waals surface area contributed by atoms with Gasteiger partial charge < -0.3 is 14.2 Å². The second-order valence-corrected chi connectivity index (χ2v) is 7.98. The predicted molar refractivity (Wildman–Crippen MR) is 128 cm³/mol. The summed E-state index contributed by atoms with van der Waals surface area (Å²) in [5.41, 5.74) is 2.08. The van der Waals surface area contributed by atoms with Crippen molar-refractivity contribution in [3.8, 4) is 17.6 Å². The van der Waals surface area contributed by atoms with Crippen LogP contribution < -0.4 is 9.47 Å². The lowest BCUT2D eigenvalue weighted by Crippen LogP contribution is -2.43. The van der Waals surface area contributed by atoms with E-state index >= 15 is 0 Å². The third-order valence-corrected chi connectivity index (χ3v) is 5.76. The highest BCUT2D eigenvalue weighted by atomic mass is 35.5. The number of hydrogen-bond donors (Lipinski definition) is 0. The molecule has 1 aliphatic rings. The third-order valence-electron chi connectivity index (χ3n) is 5.40. The molecule has 0 unspecified atom stereocenters. The van der Waals surface area contributed by atoms with Gasteiger partial charge in [-0.1, -0.05) is 35.9 Å². The van der Waals surface area contributed by atoms with Gasteiger partial charge in [-0.15, -0.1) is 0 Å². The van der Waals surface area contributed by atoms with Crippen molar-refractivity contribution >= 4 is 29.5 Å². The first-order valence-electron chi connectivity index (χ1n) is 10.6. The van der Waals surface area contributed by atoms with E-state index in [4.69, 9.17) is 25.8 Å². The Morgan fingerprint density at radius 1 is 1.09 bits per heavy atom. The number of nitrogens with zero attached hydrogens (tertiary/aromatic N) is 2. The molecule has 34 heavy (non-hydrogen) atoms. The zero-order valence-electron chi connectivity index (χ0n) is 19.3. The zero-order chi connectivity index (χ0) is 24.7. The normalized spacial score (nSPS) is 15.0. The maximum absolute atomic E-state index is 13.1. The molecule has 0 N–H and O–H groups in total. The quantitative estimate of drug-likeness (QED) is 0.297. The molecule has 1 aliphatic heterocycles. The number of halogens is 1. The molecule has 0 radical (unpaired) electrons. The standard InChI is InChI=1S/C26H25ClN2O5/c1-17-20(25(30)29(11-6-12-32-2)26(31)21(17)15-28)13-18-9-10-23(24(14-18)33-3)34-16-19-7-4-5-8-22(19)27/h4-5,7-10,13-14H,6,11-12,16H2,1-3H3/b20-13+. The number of benzene rings is 2. The van der Waals surface area contributed by atoms with Gasteiger partial charge in [-0.3, -0.25) is 14.5 Å². The maximum atomic E-state index is 13.1. The number of ether oxygens (including phenoxy) is 3. The number of carbonyl (C=O) groups is 2. The first kappa shape index (κ1) is 25.0. The fraction of sp³-hybridized carbons (Fsp3) is 0.269. The monoisotopic (exact) mass is 480 g/mol. The van der Waals surface area contributed by atoms with E-state index in [1.807, 2.05) is 24.3 Å². The van der Waals surface area contributed by atoms with Crippen LogP contribution in [0.4, 0.5) is 0 Å². The highest BCUT2D eigenvalue weighted by Gasteiger charge is 2.35. The van der Waals surface area contributed by atoms with Gasteiger partial charge in [-0.2, -0.15) is 5.26 Å². The smallest absolute Gasteiger partial charge is 0.271 e. The topological polar surface area (TPSA) is 88.9 Å². The molecule has 0 aromatic heterocycles. The lowest BCUT2D eigenvalue weighted by atomic mass is 9.93. The molecule has 0 fully saturated rings. The highest BCUT2D eigenvalue weighted by molar-refractivity contribution is 6.31. The molecule has 2 aromatic rings. The van der Waals surface area contributed by atoms with Crippen molar-refractivity contribution in [1.82, 2.24) is 4.90 Å². The van der Waals surface area contributed by atoms with Crippen LogP contribution in [-0.2, 0) is 20.9 Å². The van der Waals surface area contributed by atoms with Gasteiger partial charge in [-0.25, -0.2) is 0 Å². The van der Waals surface area contributed by atoms with E-state index in [1.165, 1.54) is 7.11 Å². The van der Waals surface area contributed by atoms with Crippen molar-refractivity contribution in [2.75, 3.05) is 27.4 Å². The number of methoxy groups -OCH3 is 2. The molecule has 2 amide bonds. The fourth-order valence-electron chi connectivity index (χ4n) is 3.53. The summed E-state index contributed by atoms with van der Waals surface area (Å²) in [6.07, 6.45) is 2.12. The van der Waals surface area contributed by atoms with Crippen LogP contribution in [0.15, 0.2) is 59.2 Å². The second kappa shape index (κ2) is 11.5. The van der Waals surface area contributed by atoms with Gasteiger partial charge in [0.1, 0.15) is 18.2 Å². The van der Waals surface area contributed by atoms with Crippen molar-refractivity contribution < 1.29 is 23.8 Å². The lowest BCUT2D eigenvalue weighted by Gasteiger charge is -2.27. The van der Waals surface area contributed by atoms with Crippen molar-refractivity contribution in [3.63, 3.8) is 0 Å². The van der Waals surface area contributed by atoms with Gasteiger partial charge in [0.2, 0.25) is 0 Å². The van der Waals surface area contributed by atoms with Crippen LogP contribution in [0.2, 0.25) is 5.02 Å². The average Bonchev–Trinajstić information content (AvgIpc) is 2.84. The predicted octanol–water partition coefficient (Wildman–Crippen LogP) is 4.56. The van der Waals surface area contributed by atoms with E-state index < -0.39 is 11.8 Å². The van der Waals surface area contributed by atoms with Gasteiger partial charge in [0.15, 0.2) is 11.5 Å². The molecule has 2 aromatic carbocycles. The number of rotatable bonds is 9. The summed E-state index contributed by atoms with van der Waals surface area (Å²) in [5, 5.41) is 10.1. The van der Waals surface area contributed by atoms with E-state index in [9.17, 15) is 14.9 Å². The fourth-order valence-corrected chi connectivity index (χ4v) is 3.72. The molecule has 0 bridgehead atoms. The highest BCUT2D eigenvalue weighted by Crippen LogP contribution is 2.32. The molecule has 0 saturated carbocycles. The van der Waals surface area contributed by atoms with Crippen LogP contribution in [0, 0.1) is 11.3 Å². The Morgan fingerprint density at radius 2 is 1.85 bits per heavy atom. The minimum atomic E-state index is -0.584. The molecule has 176 valence electrons. The number of hydrogen-bond acceptors (Lipinski definition) is 6. The molecule has 0 aliphatic carbocycles. The van der Waals surface area contributed by atoms with Crippen molar-refractivity contribution in [1.29, 1.82) is 5.26 Å². The van der Waals surface area contributed by atoms with E-state index in [2.05, 4.69) is 0 Å². The Balaban J connectivity index is 1.90. The van der Waals surface area contributed by atoms with Crippen LogP contribution in [0.3, 0.4) is 0 Å². The molecule has 8 heteroatoms. The van der Waals surface area contributed by atoms with Crippen molar-refractivity contribution in [2.24, 2.45) is 0 Å². The van der Waals surface area contributed by atoms with Gasteiger partial charge in [0, 0.05) is 36.4 Å². The summed E-state index contributed by atoms with van der Waals surface area (Å²) in [4.78, 5) is 26.8. The molecule has 0 atom stereocenters. The number of imide groups is 1. The van der Waals surface area contributed by atoms with Crippen LogP contribution >= 0.6 is 11.6 Å². The van der Waals surface area contributed by atoms with E-state index in [-0.39, 0.29) is 24.3 Å². The summed E-state index contributed by atoms with van der Waals surface area (Å²) in [6, 6.07) is 14.6. The first-order valence-corrected chi connectivity index (χ1v) is 11.0. The zero-order valence-corrected chi connectivity index (χ0v) is 20.0. The average molecular weight is 481 g/mol. The van der Waals surface area contributed by atoms with E-state index in [0.717, 1.165) is 10.5 Å². The number of carbonyl (C=O) groups excluding carboxylic acids is 2. The number of amides is 2. The Labute approximate surface area is 203 Å². The SMILES string of the molecule is COCCCN1C(=O)C(C#N)=C(C)/C(=C\c2ccc(OCc3ccccc3Cl)c(OC)c2)C1=O. The molecule has 7 nitrogen and oxygen atoms in total. The lowest BCUT2D eigenvalue weighted by molar-refractivity contribution is -0.140. The van der Waals surface area contributed by atoms with Crippen LogP contribution in [0.1, 0.15) is 24.5 Å². The Hall–Kier alpha value is -3.60. The van der Waals surface area contributed by atoms with Gasteiger partial charge in [-0.05, 0) is 48.8 Å². The molecule has 1 heterocycles. The summed E-state index contributed by atoms with van der Waals surface area (Å²) in [5.74, 6) is -0.0458. The number of nitriles is 1. The largest absolute Gasteiger partial charge is 0.493 e. The Morgan fingerprint density at radius 3 is 2.53 bits per heavy atom. The van der Waals surface area contributed by atoms with Crippen LogP contribution in [-0.4, -0.2) is 44.1 Å². The van der Waals surface area contributed by atoms with Crippen molar-refractivity contribution in [2.45, 2.75) is 20.0 Å². The molecular weight excluding hydrogens is 456 g/mol. The Kier molecular flexibility index (Phi) is 8.47. The summed E-state index contributed by atoms with van der Waals surface area (Å²) in [6.45, 7) is 2.43. The van der Waals surface area contributed by atoms with E-state index in [1.54, 1.807) is 44.4 Å². The minimum absolute atomic E-state index is 0.0464. The molecule has 0 saturated heterocycles.